The van der Waals surface area contributed by atoms with Gasteiger partial charge < -0.3 is 10.1 Å². The summed E-state index contributed by atoms with van der Waals surface area (Å²) in [7, 11) is 0. The van der Waals surface area contributed by atoms with Crippen molar-refractivity contribution >= 4 is 0 Å². The number of rotatable bonds is 5. The van der Waals surface area contributed by atoms with Crippen LogP contribution in [0.2, 0.25) is 0 Å². The van der Waals surface area contributed by atoms with E-state index in [1.165, 1.54) is 25.7 Å². The van der Waals surface area contributed by atoms with Crippen LogP contribution < -0.4 is 5.32 Å². The van der Waals surface area contributed by atoms with Crippen molar-refractivity contribution in [1.29, 1.82) is 0 Å². The molecule has 5 unspecified atom stereocenters. The molecule has 0 spiro atoms. The zero-order chi connectivity index (χ0) is 14.2. The van der Waals surface area contributed by atoms with E-state index in [0.717, 1.165) is 37.2 Å². The molecule has 2 nitrogen and oxygen atoms in total. The first-order chi connectivity index (χ1) is 9.65. The molecule has 1 saturated carbocycles. The van der Waals surface area contributed by atoms with E-state index in [9.17, 15) is 0 Å². The first kappa shape index (κ1) is 14.6. The third kappa shape index (κ3) is 2.69. The lowest BCUT2D eigenvalue weighted by molar-refractivity contribution is -0.0946. The summed E-state index contributed by atoms with van der Waals surface area (Å²) < 4.78 is 6.10. The van der Waals surface area contributed by atoms with Crippen LogP contribution in [0, 0.1) is 17.8 Å². The fourth-order valence-corrected chi connectivity index (χ4v) is 4.81. The third-order valence-electron chi connectivity index (χ3n) is 6.25. The van der Waals surface area contributed by atoms with E-state index in [1.54, 1.807) is 0 Å². The van der Waals surface area contributed by atoms with E-state index < -0.39 is 0 Å². The highest BCUT2D eigenvalue weighted by molar-refractivity contribution is 5.11. The summed E-state index contributed by atoms with van der Waals surface area (Å²) in [5.41, 5.74) is 0.143. The molecule has 5 atom stereocenters. The second-order valence-corrected chi connectivity index (χ2v) is 7.33. The highest BCUT2D eigenvalue weighted by atomic mass is 16.5. The lowest BCUT2D eigenvalue weighted by Gasteiger charge is -2.42. The van der Waals surface area contributed by atoms with Gasteiger partial charge in [0.15, 0.2) is 0 Å². The summed E-state index contributed by atoms with van der Waals surface area (Å²) in [6, 6.07) is 1.31. The fourth-order valence-electron chi connectivity index (χ4n) is 4.81. The lowest BCUT2D eigenvalue weighted by atomic mass is 9.83. The standard InChI is InChI=1S/C18H31NO/c1-4-18(5-2)12-16(8-9-20-18)19-13(3)17-11-14-6-7-15(17)10-14/h6-7,13-17,19H,4-5,8-12H2,1-3H3. The van der Waals surface area contributed by atoms with Gasteiger partial charge in [0.25, 0.3) is 0 Å². The molecule has 3 rings (SSSR count). The molecule has 3 aliphatic rings. The van der Waals surface area contributed by atoms with Gasteiger partial charge in [-0.3, -0.25) is 0 Å². The Morgan fingerprint density at radius 2 is 2.05 bits per heavy atom. The summed E-state index contributed by atoms with van der Waals surface area (Å²) in [5.74, 6) is 2.60. The van der Waals surface area contributed by atoms with E-state index in [0.29, 0.717) is 12.1 Å². The normalized spacial score (nSPS) is 40.1. The number of nitrogens with one attached hydrogen (secondary N) is 1. The Balaban J connectivity index is 1.56. The monoisotopic (exact) mass is 277 g/mol. The van der Waals surface area contributed by atoms with E-state index in [4.69, 9.17) is 4.74 Å². The van der Waals surface area contributed by atoms with Gasteiger partial charge in [-0.15, -0.1) is 0 Å². The second-order valence-electron chi connectivity index (χ2n) is 7.33. The first-order valence-electron chi connectivity index (χ1n) is 8.74. The van der Waals surface area contributed by atoms with Crippen molar-refractivity contribution in [2.24, 2.45) is 17.8 Å². The van der Waals surface area contributed by atoms with Gasteiger partial charge in [-0.05, 0) is 63.2 Å². The van der Waals surface area contributed by atoms with Crippen molar-refractivity contribution in [3.8, 4) is 0 Å². The summed E-state index contributed by atoms with van der Waals surface area (Å²) >= 11 is 0. The van der Waals surface area contributed by atoms with Crippen LogP contribution in [-0.4, -0.2) is 24.3 Å². The largest absolute Gasteiger partial charge is 0.375 e. The molecule has 2 fully saturated rings. The van der Waals surface area contributed by atoms with Gasteiger partial charge in [0, 0.05) is 18.7 Å². The summed E-state index contributed by atoms with van der Waals surface area (Å²) in [6.45, 7) is 7.89. The van der Waals surface area contributed by atoms with Gasteiger partial charge >= 0.3 is 0 Å². The van der Waals surface area contributed by atoms with Crippen LogP contribution in [-0.2, 0) is 4.74 Å². The average Bonchev–Trinajstić information content (AvgIpc) is 3.10. The van der Waals surface area contributed by atoms with Gasteiger partial charge in [0.1, 0.15) is 0 Å². The van der Waals surface area contributed by atoms with Gasteiger partial charge in [-0.25, -0.2) is 0 Å². The molecular weight excluding hydrogens is 246 g/mol. The molecule has 0 aromatic carbocycles. The molecule has 1 heterocycles. The third-order valence-corrected chi connectivity index (χ3v) is 6.25. The Labute approximate surface area is 124 Å². The van der Waals surface area contributed by atoms with Crippen LogP contribution in [0.1, 0.15) is 59.3 Å². The molecular formula is C18H31NO. The van der Waals surface area contributed by atoms with Crippen LogP contribution in [0.25, 0.3) is 0 Å². The van der Waals surface area contributed by atoms with Crippen molar-refractivity contribution in [1.82, 2.24) is 5.32 Å². The molecule has 1 saturated heterocycles. The van der Waals surface area contributed by atoms with Crippen LogP contribution in [0.5, 0.6) is 0 Å². The maximum absolute atomic E-state index is 6.10. The molecule has 1 N–H and O–H groups in total. The minimum Gasteiger partial charge on any atom is -0.375 e. The Morgan fingerprint density at radius 1 is 1.25 bits per heavy atom. The molecule has 0 aromatic rings. The van der Waals surface area contributed by atoms with Crippen LogP contribution in [0.4, 0.5) is 0 Å². The highest BCUT2D eigenvalue weighted by Gasteiger charge is 2.40. The molecule has 0 aromatic heterocycles. The van der Waals surface area contributed by atoms with Crippen molar-refractivity contribution in [2.75, 3.05) is 6.61 Å². The number of allylic oxidation sites excluding steroid dienone is 2. The smallest absolute Gasteiger partial charge is 0.0692 e. The molecule has 0 radical (unpaired) electrons. The highest BCUT2D eigenvalue weighted by Crippen LogP contribution is 2.45. The molecule has 2 aliphatic carbocycles. The minimum absolute atomic E-state index is 0.143. The maximum atomic E-state index is 6.10. The molecule has 2 heteroatoms. The zero-order valence-electron chi connectivity index (χ0n) is 13.4. The topological polar surface area (TPSA) is 21.3 Å². The SMILES string of the molecule is CCC1(CC)CC(NC(C)C2CC3C=CC2C3)CCO1. The van der Waals surface area contributed by atoms with E-state index in [2.05, 4.69) is 38.2 Å². The van der Waals surface area contributed by atoms with Crippen LogP contribution in [0.3, 0.4) is 0 Å². The maximum Gasteiger partial charge on any atom is 0.0692 e. The number of hydrogen-bond acceptors (Lipinski definition) is 2. The lowest BCUT2D eigenvalue weighted by Crippen LogP contribution is -2.50. The van der Waals surface area contributed by atoms with Crippen molar-refractivity contribution in [3.63, 3.8) is 0 Å². The van der Waals surface area contributed by atoms with E-state index >= 15 is 0 Å². The number of hydrogen-bond donors (Lipinski definition) is 1. The molecule has 20 heavy (non-hydrogen) atoms. The zero-order valence-corrected chi connectivity index (χ0v) is 13.4. The summed E-state index contributed by atoms with van der Waals surface area (Å²) in [4.78, 5) is 0. The van der Waals surface area contributed by atoms with Gasteiger partial charge in [0.05, 0.1) is 5.60 Å². The molecule has 0 amide bonds. The minimum atomic E-state index is 0.143. The van der Waals surface area contributed by atoms with Crippen molar-refractivity contribution in [2.45, 2.75) is 77.0 Å². The number of ether oxygens (including phenoxy) is 1. The van der Waals surface area contributed by atoms with Crippen LogP contribution >= 0.6 is 0 Å². The second kappa shape index (κ2) is 5.81. The molecule has 1 aliphatic heterocycles. The fraction of sp³-hybridized carbons (Fsp3) is 0.889. The Morgan fingerprint density at radius 3 is 2.65 bits per heavy atom. The quantitative estimate of drug-likeness (QED) is 0.769. The predicted octanol–water partition coefficient (Wildman–Crippen LogP) is 3.91. The van der Waals surface area contributed by atoms with Crippen molar-refractivity contribution < 1.29 is 4.74 Å². The van der Waals surface area contributed by atoms with E-state index in [-0.39, 0.29) is 5.60 Å². The molecule has 114 valence electrons. The average molecular weight is 277 g/mol. The predicted molar refractivity (Wildman–Crippen MR) is 83.7 cm³/mol. The summed E-state index contributed by atoms with van der Waals surface area (Å²) in [5, 5.41) is 3.96. The van der Waals surface area contributed by atoms with Crippen LogP contribution in [0.15, 0.2) is 12.2 Å². The number of fused-ring (bicyclic) bond motifs is 2. The van der Waals surface area contributed by atoms with Gasteiger partial charge in [-0.2, -0.15) is 0 Å². The first-order valence-corrected chi connectivity index (χ1v) is 8.74. The molecule has 2 bridgehead atoms. The van der Waals surface area contributed by atoms with Crippen molar-refractivity contribution in [3.05, 3.63) is 12.2 Å². The Hall–Kier alpha value is -0.340. The Kier molecular flexibility index (Phi) is 4.24. The Bertz CT molecular complexity index is 360. The van der Waals surface area contributed by atoms with Gasteiger partial charge in [0.2, 0.25) is 0 Å². The van der Waals surface area contributed by atoms with E-state index in [1.807, 2.05) is 0 Å². The van der Waals surface area contributed by atoms with Gasteiger partial charge in [-0.1, -0.05) is 26.0 Å². The summed E-state index contributed by atoms with van der Waals surface area (Å²) in [6.07, 6.45) is 12.4.